The summed E-state index contributed by atoms with van der Waals surface area (Å²) in [5, 5.41) is 5.64. The van der Waals surface area contributed by atoms with E-state index >= 15 is 0 Å². The van der Waals surface area contributed by atoms with Crippen molar-refractivity contribution in [2.45, 2.75) is 12.8 Å². The molecule has 0 aliphatic carbocycles. The van der Waals surface area contributed by atoms with Gasteiger partial charge in [-0.15, -0.1) is 0 Å². The van der Waals surface area contributed by atoms with Crippen molar-refractivity contribution in [3.05, 3.63) is 72.1 Å². The molecule has 4 aromatic rings. The first-order valence-electron chi connectivity index (χ1n) is 10.9. The van der Waals surface area contributed by atoms with Gasteiger partial charge in [0.25, 0.3) is 0 Å². The number of aromatic nitrogens is 2. The Morgan fingerprint density at radius 3 is 2.12 bits per heavy atom. The summed E-state index contributed by atoms with van der Waals surface area (Å²) in [6.45, 7) is 0. The fraction of sp³-hybridized carbons (Fsp3) is 0.231. The zero-order valence-electron chi connectivity index (χ0n) is 19.7. The van der Waals surface area contributed by atoms with E-state index in [-0.39, 0.29) is 6.03 Å². The smallest absolute Gasteiger partial charge is 0.323 e. The number of benzene rings is 3. The zero-order valence-corrected chi connectivity index (χ0v) is 19.7. The fourth-order valence-corrected chi connectivity index (χ4v) is 3.88. The van der Waals surface area contributed by atoms with Crippen LogP contribution in [0.15, 0.2) is 60.7 Å². The van der Waals surface area contributed by atoms with Gasteiger partial charge in [0.2, 0.25) is 5.75 Å². The summed E-state index contributed by atoms with van der Waals surface area (Å²) in [4.78, 5) is 17.2. The van der Waals surface area contributed by atoms with Gasteiger partial charge in [-0.1, -0.05) is 24.3 Å². The van der Waals surface area contributed by atoms with Crippen LogP contribution in [0.25, 0.3) is 11.0 Å². The number of hydrogen-bond acceptors (Lipinski definition) is 5. The fourth-order valence-electron chi connectivity index (χ4n) is 3.88. The molecule has 0 atom stereocenters. The lowest BCUT2D eigenvalue weighted by Crippen LogP contribution is -2.19. The van der Waals surface area contributed by atoms with E-state index in [9.17, 15) is 4.79 Å². The number of rotatable bonds is 8. The van der Waals surface area contributed by atoms with Crippen LogP contribution in [0.4, 0.5) is 16.2 Å². The molecule has 4 rings (SSSR count). The van der Waals surface area contributed by atoms with Crippen LogP contribution in [-0.2, 0) is 19.9 Å². The van der Waals surface area contributed by atoms with Crippen LogP contribution in [-0.4, -0.2) is 36.9 Å². The quantitative estimate of drug-likeness (QED) is 0.385. The van der Waals surface area contributed by atoms with Crippen LogP contribution in [0.3, 0.4) is 0 Å². The Kier molecular flexibility index (Phi) is 6.87. The first-order chi connectivity index (χ1) is 16.5. The summed E-state index contributed by atoms with van der Waals surface area (Å²) in [5.74, 6) is 2.43. The summed E-state index contributed by atoms with van der Waals surface area (Å²) in [6.07, 6.45) is 1.69. The number of carbonyl (C=O) groups excluding carboxylic acids is 1. The number of fused-ring (bicyclic) bond motifs is 1. The van der Waals surface area contributed by atoms with E-state index in [1.165, 1.54) is 26.9 Å². The van der Waals surface area contributed by atoms with Crippen LogP contribution in [0.1, 0.15) is 11.4 Å². The van der Waals surface area contributed by atoms with E-state index in [2.05, 4.69) is 21.3 Å². The summed E-state index contributed by atoms with van der Waals surface area (Å²) in [7, 11) is 6.63. The summed E-state index contributed by atoms with van der Waals surface area (Å²) < 4.78 is 18.1. The second kappa shape index (κ2) is 10.2. The SMILES string of the molecule is COc1cc(NC(=O)Nc2ccc(CCc3nc4ccccc4n3C)cc2)cc(OC)c1OC. The van der Waals surface area contributed by atoms with Crippen molar-refractivity contribution in [2.75, 3.05) is 32.0 Å². The molecule has 0 aliphatic rings. The van der Waals surface area contributed by atoms with Gasteiger partial charge in [0.15, 0.2) is 11.5 Å². The van der Waals surface area contributed by atoms with E-state index in [0.29, 0.717) is 28.6 Å². The molecule has 1 aromatic heterocycles. The molecule has 2 amide bonds. The highest BCUT2D eigenvalue weighted by atomic mass is 16.5. The largest absolute Gasteiger partial charge is 0.493 e. The molecule has 0 unspecified atom stereocenters. The standard InChI is InChI=1S/C26H28N4O4/c1-30-21-8-6-5-7-20(21)29-24(30)14-11-17-9-12-18(13-10-17)27-26(31)28-19-15-22(32-2)25(34-4)23(16-19)33-3/h5-10,12-13,15-16H,11,14H2,1-4H3,(H2,27,28,31). The predicted octanol–water partition coefficient (Wildman–Crippen LogP) is 5.03. The highest BCUT2D eigenvalue weighted by Crippen LogP contribution is 2.39. The molecule has 0 fully saturated rings. The van der Waals surface area contributed by atoms with Gasteiger partial charge in [-0.3, -0.25) is 0 Å². The molecule has 8 heteroatoms. The zero-order chi connectivity index (χ0) is 24.1. The molecular formula is C26H28N4O4. The number of ether oxygens (including phenoxy) is 3. The first-order valence-corrected chi connectivity index (χ1v) is 10.9. The molecule has 0 spiro atoms. The molecule has 0 bridgehead atoms. The van der Waals surface area contributed by atoms with Crippen molar-refractivity contribution in [3.63, 3.8) is 0 Å². The Balaban J connectivity index is 1.37. The second-order valence-corrected chi connectivity index (χ2v) is 7.77. The van der Waals surface area contributed by atoms with Gasteiger partial charge in [0, 0.05) is 31.3 Å². The minimum atomic E-state index is -0.373. The van der Waals surface area contributed by atoms with Gasteiger partial charge in [0.1, 0.15) is 5.82 Å². The third-order valence-electron chi connectivity index (χ3n) is 5.65. The lowest BCUT2D eigenvalue weighted by atomic mass is 10.1. The Morgan fingerprint density at radius 1 is 0.853 bits per heavy atom. The Labute approximate surface area is 198 Å². The van der Waals surface area contributed by atoms with Crippen molar-refractivity contribution < 1.29 is 19.0 Å². The van der Waals surface area contributed by atoms with Crippen molar-refractivity contribution in [2.24, 2.45) is 7.05 Å². The first kappa shape index (κ1) is 23.0. The third-order valence-corrected chi connectivity index (χ3v) is 5.65. The van der Waals surface area contributed by atoms with Crippen molar-refractivity contribution in [3.8, 4) is 17.2 Å². The lowest BCUT2D eigenvalue weighted by molar-refractivity contribution is 0.262. The minimum absolute atomic E-state index is 0.373. The average Bonchev–Trinajstić information content (AvgIpc) is 3.18. The van der Waals surface area contributed by atoms with Crippen LogP contribution >= 0.6 is 0 Å². The number of urea groups is 1. The van der Waals surface area contributed by atoms with E-state index in [1.807, 2.05) is 49.5 Å². The molecular weight excluding hydrogens is 432 g/mol. The molecule has 34 heavy (non-hydrogen) atoms. The maximum Gasteiger partial charge on any atom is 0.323 e. The molecule has 2 N–H and O–H groups in total. The third kappa shape index (κ3) is 4.91. The normalized spacial score (nSPS) is 10.7. The predicted molar refractivity (Wildman–Crippen MR) is 133 cm³/mol. The minimum Gasteiger partial charge on any atom is -0.493 e. The van der Waals surface area contributed by atoms with Gasteiger partial charge < -0.3 is 29.4 Å². The number of methoxy groups -OCH3 is 3. The van der Waals surface area contributed by atoms with Gasteiger partial charge in [-0.05, 0) is 36.2 Å². The number of aryl methyl sites for hydroxylation is 3. The molecule has 0 aliphatic heterocycles. The number of para-hydroxylation sites is 2. The van der Waals surface area contributed by atoms with Crippen LogP contribution in [0, 0.1) is 0 Å². The summed E-state index contributed by atoms with van der Waals surface area (Å²) in [5.41, 5.74) is 4.53. The van der Waals surface area contributed by atoms with Crippen LogP contribution in [0.2, 0.25) is 0 Å². The van der Waals surface area contributed by atoms with Crippen molar-refractivity contribution >= 4 is 28.4 Å². The highest BCUT2D eigenvalue weighted by Gasteiger charge is 2.14. The van der Waals surface area contributed by atoms with Crippen LogP contribution < -0.4 is 24.8 Å². The van der Waals surface area contributed by atoms with Gasteiger partial charge >= 0.3 is 6.03 Å². The molecule has 0 saturated heterocycles. The van der Waals surface area contributed by atoms with E-state index in [4.69, 9.17) is 19.2 Å². The number of carbonyl (C=O) groups is 1. The second-order valence-electron chi connectivity index (χ2n) is 7.77. The molecule has 1 heterocycles. The van der Waals surface area contributed by atoms with Gasteiger partial charge in [0.05, 0.1) is 38.1 Å². The Bertz CT molecular complexity index is 1270. The average molecular weight is 461 g/mol. The molecule has 3 aromatic carbocycles. The maximum atomic E-state index is 12.5. The molecule has 0 saturated carbocycles. The van der Waals surface area contributed by atoms with Crippen LogP contribution in [0.5, 0.6) is 17.2 Å². The number of anilines is 2. The van der Waals surface area contributed by atoms with Crippen molar-refractivity contribution in [1.29, 1.82) is 0 Å². The lowest BCUT2D eigenvalue weighted by Gasteiger charge is -2.15. The summed E-state index contributed by atoms with van der Waals surface area (Å²) in [6, 6.07) is 18.9. The van der Waals surface area contributed by atoms with E-state index in [0.717, 1.165) is 29.7 Å². The molecule has 0 radical (unpaired) electrons. The molecule has 8 nitrogen and oxygen atoms in total. The highest BCUT2D eigenvalue weighted by molar-refractivity contribution is 6.00. The Hall–Kier alpha value is -4.20. The number of amides is 2. The van der Waals surface area contributed by atoms with Crippen molar-refractivity contribution in [1.82, 2.24) is 9.55 Å². The topological polar surface area (TPSA) is 86.6 Å². The Morgan fingerprint density at radius 2 is 1.50 bits per heavy atom. The van der Waals surface area contributed by atoms with E-state index in [1.54, 1.807) is 12.1 Å². The van der Waals surface area contributed by atoms with Gasteiger partial charge in [-0.2, -0.15) is 0 Å². The number of imidazole rings is 1. The maximum absolute atomic E-state index is 12.5. The number of hydrogen-bond donors (Lipinski definition) is 2. The molecule has 176 valence electrons. The number of nitrogens with one attached hydrogen (secondary N) is 2. The summed E-state index contributed by atoms with van der Waals surface area (Å²) >= 11 is 0. The van der Waals surface area contributed by atoms with E-state index < -0.39 is 0 Å². The van der Waals surface area contributed by atoms with Gasteiger partial charge in [-0.25, -0.2) is 9.78 Å². The number of nitrogens with zero attached hydrogens (tertiary/aromatic N) is 2. The monoisotopic (exact) mass is 460 g/mol.